The molecule has 3 aromatic heterocycles. The van der Waals surface area contributed by atoms with E-state index in [0.29, 0.717) is 5.03 Å². The van der Waals surface area contributed by atoms with E-state index in [1.54, 1.807) is 12.4 Å². The maximum Gasteiger partial charge on any atom is 0.417 e. The number of halogens is 3. The second-order valence-electron chi connectivity index (χ2n) is 5.77. The molecule has 1 N–H and O–H groups in total. The molecule has 0 saturated heterocycles. The van der Waals surface area contributed by atoms with E-state index in [4.69, 9.17) is 0 Å². The number of aromatic nitrogens is 3. The molecule has 3 heterocycles. The van der Waals surface area contributed by atoms with E-state index >= 15 is 0 Å². The maximum absolute atomic E-state index is 12.5. The van der Waals surface area contributed by atoms with Gasteiger partial charge in [0.2, 0.25) is 5.91 Å². The molecule has 1 unspecified atom stereocenters. The molecule has 0 aliphatic rings. The lowest BCUT2D eigenvalue weighted by Crippen LogP contribution is -2.28. The van der Waals surface area contributed by atoms with Crippen LogP contribution in [0.3, 0.4) is 0 Å². The van der Waals surface area contributed by atoms with Gasteiger partial charge in [-0.25, -0.2) is 9.97 Å². The van der Waals surface area contributed by atoms with Crippen molar-refractivity contribution in [2.75, 3.05) is 5.75 Å². The van der Waals surface area contributed by atoms with E-state index in [2.05, 4.69) is 20.3 Å². The van der Waals surface area contributed by atoms with Gasteiger partial charge in [0.15, 0.2) is 0 Å². The number of nitrogens with one attached hydrogen (secondary N) is 1. The number of hydrogen-bond donors (Lipinski definition) is 1. The Morgan fingerprint density at radius 2 is 2.11 bits per heavy atom. The van der Waals surface area contributed by atoms with Crippen LogP contribution in [0.15, 0.2) is 53.3 Å². The summed E-state index contributed by atoms with van der Waals surface area (Å²) in [5, 5.41) is 5.84. The molecule has 3 aromatic rings. The zero-order valence-corrected chi connectivity index (χ0v) is 16.2. The third-order valence-corrected chi connectivity index (χ3v) is 5.61. The number of carbonyl (C=O) groups excluding carboxylic acids is 1. The Bertz CT molecular complexity index is 930. The van der Waals surface area contributed by atoms with Crippen molar-refractivity contribution in [3.05, 3.63) is 58.8 Å². The van der Waals surface area contributed by atoms with Gasteiger partial charge in [-0.15, -0.1) is 11.3 Å². The number of thioether (sulfide) groups is 1. The number of alkyl halides is 3. The van der Waals surface area contributed by atoms with Gasteiger partial charge in [0.25, 0.3) is 0 Å². The van der Waals surface area contributed by atoms with Crippen LogP contribution in [0.5, 0.6) is 0 Å². The first-order chi connectivity index (χ1) is 13.3. The van der Waals surface area contributed by atoms with Crippen molar-refractivity contribution in [2.24, 2.45) is 0 Å². The van der Waals surface area contributed by atoms with E-state index in [-0.39, 0.29) is 17.7 Å². The molecule has 146 valence electrons. The van der Waals surface area contributed by atoms with Crippen molar-refractivity contribution in [3.63, 3.8) is 0 Å². The zero-order valence-electron chi connectivity index (χ0n) is 14.6. The normalized spacial score (nSPS) is 12.6. The summed E-state index contributed by atoms with van der Waals surface area (Å²) in [5.74, 6) is -0.207. The van der Waals surface area contributed by atoms with Gasteiger partial charge >= 0.3 is 6.18 Å². The summed E-state index contributed by atoms with van der Waals surface area (Å²) in [6, 6.07) is 5.65. The zero-order chi connectivity index (χ0) is 20.1. The van der Waals surface area contributed by atoms with E-state index in [1.807, 2.05) is 24.4 Å². The Kier molecular flexibility index (Phi) is 6.30. The highest BCUT2D eigenvalue weighted by molar-refractivity contribution is 7.99. The fourth-order valence-electron chi connectivity index (χ4n) is 2.25. The van der Waals surface area contributed by atoms with Gasteiger partial charge < -0.3 is 5.32 Å². The van der Waals surface area contributed by atoms with Crippen LogP contribution in [-0.4, -0.2) is 26.6 Å². The van der Waals surface area contributed by atoms with Crippen molar-refractivity contribution in [1.82, 2.24) is 20.3 Å². The van der Waals surface area contributed by atoms with E-state index in [9.17, 15) is 18.0 Å². The molecule has 10 heteroatoms. The molecule has 0 spiro atoms. The first kappa shape index (κ1) is 20.3. The van der Waals surface area contributed by atoms with Crippen molar-refractivity contribution < 1.29 is 18.0 Å². The Labute approximate surface area is 167 Å². The van der Waals surface area contributed by atoms with Gasteiger partial charge in [0.1, 0.15) is 5.01 Å². The summed E-state index contributed by atoms with van der Waals surface area (Å²) in [7, 11) is 0. The van der Waals surface area contributed by atoms with E-state index in [1.165, 1.54) is 17.4 Å². The second-order valence-corrected chi connectivity index (χ2v) is 7.66. The Hall–Kier alpha value is -2.46. The van der Waals surface area contributed by atoms with E-state index in [0.717, 1.165) is 40.3 Å². The van der Waals surface area contributed by atoms with Gasteiger partial charge in [-0.3, -0.25) is 9.78 Å². The smallest absolute Gasteiger partial charge is 0.346 e. The molecular weight excluding hydrogens is 409 g/mol. The molecule has 1 amide bonds. The molecular formula is C18H15F3N4OS2. The molecule has 0 radical (unpaired) electrons. The number of nitrogens with zero attached hydrogens (tertiary/aromatic N) is 3. The monoisotopic (exact) mass is 424 g/mol. The highest BCUT2D eigenvalue weighted by Crippen LogP contribution is 2.29. The number of rotatable bonds is 6. The van der Waals surface area contributed by atoms with E-state index < -0.39 is 11.7 Å². The minimum absolute atomic E-state index is 0.0452. The maximum atomic E-state index is 12.5. The molecule has 0 aliphatic heterocycles. The SMILES string of the molecule is CC(NC(=O)CSc1ccc(C(F)(F)F)cn1)c1nc(-c2cccnc2)cs1. The van der Waals surface area contributed by atoms with Crippen LogP contribution < -0.4 is 5.32 Å². The van der Waals surface area contributed by atoms with Gasteiger partial charge in [-0.05, 0) is 31.2 Å². The van der Waals surface area contributed by atoms with Crippen LogP contribution in [0.1, 0.15) is 23.5 Å². The Balaban J connectivity index is 1.53. The van der Waals surface area contributed by atoms with Crippen LogP contribution >= 0.6 is 23.1 Å². The Morgan fingerprint density at radius 1 is 1.29 bits per heavy atom. The fourth-order valence-corrected chi connectivity index (χ4v) is 3.74. The fraction of sp³-hybridized carbons (Fsp3) is 0.222. The third-order valence-electron chi connectivity index (χ3n) is 3.64. The van der Waals surface area contributed by atoms with Crippen molar-refractivity contribution >= 4 is 29.0 Å². The van der Waals surface area contributed by atoms with Crippen LogP contribution in [0.4, 0.5) is 13.2 Å². The predicted octanol–water partition coefficient (Wildman–Crippen LogP) is 4.59. The lowest BCUT2D eigenvalue weighted by Gasteiger charge is -2.11. The first-order valence-electron chi connectivity index (χ1n) is 8.14. The van der Waals surface area contributed by atoms with Crippen molar-refractivity contribution in [3.8, 4) is 11.3 Å². The summed E-state index contributed by atoms with van der Waals surface area (Å²) in [6.07, 6.45) is -0.262. The summed E-state index contributed by atoms with van der Waals surface area (Å²) in [5.41, 5.74) is 0.869. The highest BCUT2D eigenvalue weighted by atomic mass is 32.2. The molecule has 0 aliphatic carbocycles. The van der Waals surface area contributed by atoms with Crippen molar-refractivity contribution in [2.45, 2.75) is 24.2 Å². The first-order valence-corrected chi connectivity index (χ1v) is 10.0. The molecule has 0 aromatic carbocycles. The lowest BCUT2D eigenvalue weighted by atomic mass is 10.2. The van der Waals surface area contributed by atoms with Crippen LogP contribution in [0.2, 0.25) is 0 Å². The van der Waals surface area contributed by atoms with Crippen LogP contribution in [-0.2, 0) is 11.0 Å². The molecule has 0 fully saturated rings. The molecule has 0 saturated carbocycles. The van der Waals surface area contributed by atoms with Crippen molar-refractivity contribution in [1.29, 1.82) is 0 Å². The second kappa shape index (κ2) is 8.70. The average Bonchev–Trinajstić information content (AvgIpc) is 3.17. The Morgan fingerprint density at radius 3 is 2.75 bits per heavy atom. The third kappa shape index (κ3) is 5.29. The van der Waals surface area contributed by atoms with Crippen LogP contribution in [0, 0.1) is 0 Å². The minimum atomic E-state index is -4.43. The predicted molar refractivity (Wildman–Crippen MR) is 102 cm³/mol. The van der Waals surface area contributed by atoms with Crippen LogP contribution in [0.25, 0.3) is 11.3 Å². The summed E-state index contributed by atoms with van der Waals surface area (Å²) < 4.78 is 37.6. The van der Waals surface area contributed by atoms with Gasteiger partial charge in [0, 0.05) is 29.5 Å². The average molecular weight is 424 g/mol. The molecule has 5 nitrogen and oxygen atoms in total. The number of thiazole rings is 1. The molecule has 0 bridgehead atoms. The summed E-state index contributed by atoms with van der Waals surface area (Å²) in [4.78, 5) is 24.5. The minimum Gasteiger partial charge on any atom is -0.346 e. The lowest BCUT2D eigenvalue weighted by molar-refractivity contribution is -0.137. The number of hydrogen-bond acceptors (Lipinski definition) is 6. The molecule has 3 rings (SSSR count). The topological polar surface area (TPSA) is 67.8 Å². The highest BCUT2D eigenvalue weighted by Gasteiger charge is 2.30. The summed E-state index contributed by atoms with van der Waals surface area (Å²) >= 11 is 2.50. The van der Waals surface area contributed by atoms with Gasteiger partial charge in [0.05, 0.1) is 28.1 Å². The summed E-state index contributed by atoms with van der Waals surface area (Å²) in [6.45, 7) is 1.82. The number of carbonyl (C=O) groups is 1. The van der Waals surface area contributed by atoms with Gasteiger partial charge in [-0.1, -0.05) is 11.8 Å². The largest absolute Gasteiger partial charge is 0.417 e. The number of pyridine rings is 2. The van der Waals surface area contributed by atoms with Gasteiger partial charge in [-0.2, -0.15) is 13.2 Å². The standard InChI is InChI=1S/C18H15F3N4OS2/c1-11(17-25-14(9-28-17)12-3-2-6-22-7-12)24-15(26)10-27-16-5-4-13(8-23-16)18(19,20)21/h2-9,11H,10H2,1H3,(H,24,26). The molecule has 1 atom stereocenters. The quantitative estimate of drug-likeness (QED) is 0.587. The number of amides is 1. The molecule has 28 heavy (non-hydrogen) atoms.